The predicted octanol–water partition coefficient (Wildman–Crippen LogP) is 3.15. The van der Waals surface area contributed by atoms with Gasteiger partial charge in [0.15, 0.2) is 0 Å². The molecule has 0 saturated carbocycles. The Labute approximate surface area is 120 Å². The third kappa shape index (κ3) is 3.38. The second-order valence-electron chi connectivity index (χ2n) is 4.69. The average molecular weight is 271 g/mol. The molecule has 0 saturated heterocycles. The molecule has 2 aromatic carbocycles. The Hall–Kier alpha value is -1.84. The molecule has 0 heterocycles. The van der Waals surface area contributed by atoms with Crippen molar-refractivity contribution in [3.8, 4) is 16.9 Å². The second-order valence-corrected chi connectivity index (χ2v) is 4.69. The number of aryl methyl sites for hydroxylation is 1. The molecule has 0 amide bonds. The minimum atomic E-state index is 0.542. The van der Waals surface area contributed by atoms with E-state index in [0.717, 1.165) is 16.9 Å². The topological polar surface area (TPSA) is 44.5 Å². The summed E-state index contributed by atoms with van der Waals surface area (Å²) in [5, 5.41) is 0. The lowest BCUT2D eigenvalue weighted by molar-refractivity contribution is 0.146. The van der Waals surface area contributed by atoms with E-state index in [-0.39, 0.29) is 0 Å². The zero-order valence-corrected chi connectivity index (χ0v) is 12.1. The molecular weight excluding hydrogens is 250 g/mol. The Morgan fingerprint density at radius 3 is 2.55 bits per heavy atom. The van der Waals surface area contributed by atoms with Crippen molar-refractivity contribution >= 4 is 0 Å². The molecule has 0 fully saturated rings. The highest BCUT2D eigenvalue weighted by molar-refractivity contribution is 5.73. The lowest BCUT2D eigenvalue weighted by atomic mass is 9.97. The van der Waals surface area contributed by atoms with Gasteiger partial charge in [0.2, 0.25) is 0 Å². The molecule has 0 aliphatic rings. The van der Waals surface area contributed by atoms with Crippen molar-refractivity contribution in [3.63, 3.8) is 0 Å². The van der Waals surface area contributed by atoms with E-state index < -0.39 is 0 Å². The zero-order chi connectivity index (χ0) is 14.4. The van der Waals surface area contributed by atoms with Crippen LogP contribution < -0.4 is 10.5 Å². The highest BCUT2D eigenvalue weighted by Gasteiger charge is 2.09. The molecule has 0 unspecified atom stereocenters. The van der Waals surface area contributed by atoms with Crippen LogP contribution in [-0.4, -0.2) is 20.3 Å². The first-order valence-electron chi connectivity index (χ1n) is 6.77. The van der Waals surface area contributed by atoms with Crippen molar-refractivity contribution in [2.75, 3.05) is 20.3 Å². The second kappa shape index (κ2) is 7.08. The Morgan fingerprint density at radius 1 is 1.00 bits per heavy atom. The molecule has 0 spiro atoms. The molecule has 3 heteroatoms. The lowest BCUT2D eigenvalue weighted by Gasteiger charge is -2.14. The summed E-state index contributed by atoms with van der Waals surface area (Å²) in [6.45, 7) is 3.76. The monoisotopic (exact) mass is 271 g/mol. The molecule has 0 radical (unpaired) electrons. The first-order valence-corrected chi connectivity index (χ1v) is 6.77. The smallest absolute Gasteiger partial charge is 0.127 e. The van der Waals surface area contributed by atoms with Gasteiger partial charge in [0.25, 0.3) is 0 Å². The van der Waals surface area contributed by atoms with Crippen LogP contribution in [0.3, 0.4) is 0 Å². The van der Waals surface area contributed by atoms with Gasteiger partial charge in [-0.2, -0.15) is 0 Å². The molecule has 3 nitrogen and oxygen atoms in total. The van der Waals surface area contributed by atoms with Crippen molar-refractivity contribution in [1.29, 1.82) is 0 Å². The van der Waals surface area contributed by atoms with Gasteiger partial charge in [-0.3, -0.25) is 0 Å². The Balaban J connectivity index is 2.36. The number of rotatable bonds is 6. The number of ether oxygens (including phenoxy) is 2. The standard InChI is InChI=1S/C17H21NO2/c1-13-7-8-14(12-18)11-16(13)15-5-3-4-6-17(15)20-10-9-19-2/h3-8,11H,9-10,12,18H2,1-2H3. The predicted molar refractivity (Wildman–Crippen MR) is 81.9 cm³/mol. The van der Waals surface area contributed by atoms with Gasteiger partial charge in [0.1, 0.15) is 12.4 Å². The van der Waals surface area contributed by atoms with Crippen LogP contribution in [0, 0.1) is 6.92 Å². The summed E-state index contributed by atoms with van der Waals surface area (Å²) >= 11 is 0. The van der Waals surface area contributed by atoms with Gasteiger partial charge in [-0.1, -0.05) is 30.3 Å². The minimum absolute atomic E-state index is 0.542. The first kappa shape index (κ1) is 14.6. The maximum Gasteiger partial charge on any atom is 0.127 e. The maximum atomic E-state index is 5.80. The van der Waals surface area contributed by atoms with E-state index in [9.17, 15) is 0 Å². The number of para-hydroxylation sites is 1. The van der Waals surface area contributed by atoms with Crippen molar-refractivity contribution in [2.24, 2.45) is 5.73 Å². The van der Waals surface area contributed by atoms with Crippen molar-refractivity contribution < 1.29 is 9.47 Å². The van der Waals surface area contributed by atoms with E-state index in [1.165, 1.54) is 11.1 Å². The summed E-state index contributed by atoms with van der Waals surface area (Å²) < 4.78 is 10.8. The van der Waals surface area contributed by atoms with Gasteiger partial charge >= 0.3 is 0 Å². The summed E-state index contributed by atoms with van der Waals surface area (Å²) in [6, 6.07) is 14.4. The van der Waals surface area contributed by atoms with Crippen molar-refractivity contribution in [2.45, 2.75) is 13.5 Å². The summed E-state index contributed by atoms with van der Waals surface area (Å²) in [4.78, 5) is 0. The summed E-state index contributed by atoms with van der Waals surface area (Å²) in [7, 11) is 1.67. The molecular formula is C17H21NO2. The summed E-state index contributed by atoms with van der Waals surface area (Å²) in [6.07, 6.45) is 0. The fourth-order valence-electron chi connectivity index (χ4n) is 2.14. The summed E-state index contributed by atoms with van der Waals surface area (Å²) in [5.74, 6) is 0.877. The van der Waals surface area contributed by atoms with Gasteiger partial charge in [0, 0.05) is 19.2 Å². The van der Waals surface area contributed by atoms with E-state index in [1.54, 1.807) is 7.11 Å². The van der Waals surface area contributed by atoms with Crippen LogP contribution in [0.5, 0.6) is 5.75 Å². The zero-order valence-electron chi connectivity index (χ0n) is 12.1. The maximum absolute atomic E-state index is 5.80. The molecule has 106 valence electrons. The molecule has 2 rings (SSSR count). The lowest BCUT2D eigenvalue weighted by Crippen LogP contribution is -2.05. The van der Waals surface area contributed by atoms with Crippen molar-refractivity contribution in [3.05, 3.63) is 53.6 Å². The fraction of sp³-hybridized carbons (Fsp3) is 0.294. The highest BCUT2D eigenvalue weighted by Crippen LogP contribution is 2.32. The number of hydrogen-bond donors (Lipinski definition) is 1. The van der Waals surface area contributed by atoms with E-state index in [1.807, 2.05) is 18.2 Å². The Kier molecular flexibility index (Phi) is 5.16. The van der Waals surface area contributed by atoms with Crippen LogP contribution in [0.4, 0.5) is 0 Å². The molecule has 2 aromatic rings. The fourth-order valence-corrected chi connectivity index (χ4v) is 2.14. The number of methoxy groups -OCH3 is 1. The third-order valence-electron chi connectivity index (χ3n) is 3.26. The van der Waals surface area contributed by atoms with Gasteiger partial charge in [-0.25, -0.2) is 0 Å². The van der Waals surface area contributed by atoms with E-state index in [0.29, 0.717) is 19.8 Å². The number of benzene rings is 2. The van der Waals surface area contributed by atoms with Crippen LogP contribution in [0.2, 0.25) is 0 Å². The molecule has 0 bridgehead atoms. The van der Waals surface area contributed by atoms with E-state index in [2.05, 4.69) is 31.2 Å². The van der Waals surface area contributed by atoms with Crippen LogP contribution >= 0.6 is 0 Å². The molecule has 0 aliphatic heterocycles. The SMILES string of the molecule is COCCOc1ccccc1-c1cc(CN)ccc1C. The van der Waals surface area contributed by atoms with E-state index >= 15 is 0 Å². The van der Waals surface area contributed by atoms with Crippen molar-refractivity contribution in [1.82, 2.24) is 0 Å². The molecule has 0 aliphatic carbocycles. The third-order valence-corrected chi connectivity index (χ3v) is 3.26. The molecule has 0 atom stereocenters. The largest absolute Gasteiger partial charge is 0.491 e. The van der Waals surface area contributed by atoms with Gasteiger partial charge < -0.3 is 15.2 Å². The van der Waals surface area contributed by atoms with Gasteiger partial charge in [0.05, 0.1) is 6.61 Å². The first-order chi connectivity index (χ1) is 9.76. The van der Waals surface area contributed by atoms with Crippen LogP contribution in [-0.2, 0) is 11.3 Å². The van der Waals surface area contributed by atoms with E-state index in [4.69, 9.17) is 15.2 Å². The minimum Gasteiger partial charge on any atom is -0.491 e. The average Bonchev–Trinajstić information content (AvgIpc) is 2.49. The highest BCUT2D eigenvalue weighted by atomic mass is 16.5. The Morgan fingerprint density at radius 2 is 1.80 bits per heavy atom. The molecule has 20 heavy (non-hydrogen) atoms. The van der Waals surface area contributed by atoms with Gasteiger partial charge in [-0.15, -0.1) is 0 Å². The number of hydrogen-bond acceptors (Lipinski definition) is 3. The molecule has 2 N–H and O–H groups in total. The molecule has 0 aromatic heterocycles. The van der Waals surface area contributed by atoms with Crippen LogP contribution in [0.25, 0.3) is 11.1 Å². The summed E-state index contributed by atoms with van der Waals surface area (Å²) in [5.41, 5.74) is 10.3. The number of nitrogens with two attached hydrogens (primary N) is 1. The quantitative estimate of drug-likeness (QED) is 0.821. The van der Waals surface area contributed by atoms with Crippen LogP contribution in [0.1, 0.15) is 11.1 Å². The Bertz CT molecular complexity index is 567. The van der Waals surface area contributed by atoms with Gasteiger partial charge in [-0.05, 0) is 35.7 Å². The normalized spacial score (nSPS) is 10.6. The van der Waals surface area contributed by atoms with Crippen LogP contribution in [0.15, 0.2) is 42.5 Å².